The second-order valence-electron chi connectivity index (χ2n) is 6.12. The number of fused-ring (bicyclic) bond motifs is 1. The Morgan fingerprint density at radius 1 is 0.962 bits per heavy atom. The number of benzene rings is 2. The third kappa shape index (κ3) is 2.72. The minimum atomic E-state index is -0.0611. The van der Waals surface area contributed by atoms with Crippen molar-refractivity contribution < 1.29 is 9.84 Å². The Bertz CT molecular complexity index is 1070. The molecule has 4 rings (SSSR count). The molecular weight excluding hydrogens is 326 g/mol. The third-order valence-electron chi connectivity index (χ3n) is 4.57. The van der Waals surface area contributed by atoms with E-state index in [0.29, 0.717) is 5.75 Å². The molecule has 0 saturated carbocycles. The van der Waals surface area contributed by atoms with Crippen molar-refractivity contribution in [2.75, 3.05) is 7.11 Å². The van der Waals surface area contributed by atoms with Gasteiger partial charge in [0.15, 0.2) is 0 Å². The summed E-state index contributed by atoms with van der Waals surface area (Å²) in [5.41, 5.74) is 5.94. The quantitative estimate of drug-likeness (QED) is 0.611. The van der Waals surface area contributed by atoms with Crippen LogP contribution in [-0.4, -0.2) is 27.0 Å². The molecule has 0 bridgehead atoms. The maximum Gasteiger partial charge on any atom is 0.124 e. The van der Waals surface area contributed by atoms with E-state index in [9.17, 15) is 5.11 Å². The summed E-state index contributed by atoms with van der Waals surface area (Å²) in [6, 6.07) is 16.0. The van der Waals surface area contributed by atoms with E-state index in [0.717, 1.165) is 38.9 Å². The second kappa shape index (κ2) is 6.61. The number of hydrogen-bond donors (Lipinski definition) is 1. The van der Waals surface area contributed by atoms with Crippen molar-refractivity contribution in [3.05, 3.63) is 66.5 Å². The van der Waals surface area contributed by atoms with Gasteiger partial charge in [0.25, 0.3) is 0 Å². The number of rotatable bonds is 4. The number of ether oxygens (including phenoxy) is 1. The molecule has 0 atom stereocenters. The van der Waals surface area contributed by atoms with Crippen LogP contribution < -0.4 is 4.74 Å². The SMILES string of the molecule is COc1ccc(-c2ccc3nn(C)c(-c4ccncc4)c3c2)cc1CO. The van der Waals surface area contributed by atoms with Gasteiger partial charge in [-0.05, 0) is 47.5 Å². The molecule has 2 heterocycles. The maximum absolute atomic E-state index is 9.59. The molecule has 5 heteroatoms. The molecule has 1 N–H and O–H groups in total. The van der Waals surface area contributed by atoms with Crippen molar-refractivity contribution in [2.45, 2.75) is 6.61 Å². The van der Waals surface area contributed by atoms with Crippen molar-refractivity contribution >= 4 is 10.9 Å². The van der Waals surface area contributed by atoms with Gasteiger partial charge in [-0.15, -0.1) is 0 Å². The highest BCUT2D eigenvalue weighted by atomic mass is 16.5. The second-order valence-corrected chi connectivity index (χ2v) is 6.12. The first-order valence-electron chi connectivity index (χ1n) is 8.36. The van der Waals surface area contributed by atoms with Gasteiger partial charge >= 0.3 is 0 Å². The van der Waals surface area contributed by atoms with Gasteiger partial charge in [0.05, 0.1) is 24.9 Å². The fourth-order valence-electron chi connectivity index (χ4n) is 3.31. The van der Waals surface area contributed by atoms with Crippen LogP contribution >= 0.6 is 0 Å². The zero-order chi connectivity index (χ0) is 18.1. The molecule has 0 aliphatic carbocycles. The summed E-state index contributed by atoms with van der Waals surface area (Å²) in [5.74, 6) is 0.691. The summed E-state index contributed by atoms with van der Waals surface area (Å²) >= 11 is 0. The lowest BCUT2D eigenvalue weighted by Gasteiger charge is -2.09. The molecule has 0 unspecified atom stereocenters. The Balaban J connectivity index is 1.88. The van der Waals surface area contributed by atoms with Gasteiger partial charge in [0.1, 0.15) is 5.75 Å². The van der Waals surface area contributed by atoms with Gasteiger partial charge < -0.3 is 9.84 Å². The van der Waals surface area contributed by atoms with Crippen molar-refractivity contribution in [2.24, 2.45) is 7.05 Å². The van der Waals surface area contributed by atoms with Crippen molar-refractivity contribution in [1.29, 1.82) is 0 Å². The highest BCUT2D eigenvalue weighted by Gasteiger charge is 2.13. The van der Waals surface area contributed by atoms with Gasteiger partial charge in [-0.3, -0.25) is 9.67 Å². The average molecular weight is 345 g/mol. The summed E-state index contributed by atoms with van der Waals surface area (Å²) < 4.78 is 7.20. The van der Waals surface area contributed by atoms with Crippen molar-refractivity contribution in [3.8, 4) is 28.1 Å². The van der Waals surface area contributed by atoms with Gasteiger partial charge in [-0.25, -0.2) is 0 Å². The smallest absolute Gasteiger partial charge is 0.124 e. The largest absolute Gasteiger partial charge is 0.496 e. The highest BCUT2D eigenvalue weighted by molar-refractivity contribution is 5.96. The van der Waals surface area contributed by atoms with Gasteiger partial charge in [0, 0.05) is 36.0 Å². The number of aliphatic hydroxyl groups is 1. The first-order chi connectivity index (χ1) is 12.7. The van der Waals surface area contributed by atoms with E-state index in [1.54, 1.807) is 19.5 Å². The topological polar surface area (TPSA) is 60.2 Å². The number of hydrogen-bond acceptors (Lipinski definition) is 4. The van der Waals surface area contributed by atoms with Crippen LogP contribution in [0.1, 0.15) is 5.56 Å². The summed E-state index contributed by atoms with van der Waals surface area (Å²) in [5, 5.41) is 15.3. The Morgan fingerprint density at radius 3 is 2.42 bits per heavy atom. The van der Waals surface area contributed by atoms with Crippen LogP contribution in [0.5, 0.6) is 5.75 Å². The molecule has 0 spiro atoms. The zero-order valence-electron chi connectivity index (χ0n) is 14.7. The Hall–Kier alpha value is -3.18. The lowest BCUT2D eigenvalue weighted by Crippen LogP contribution is -1.93. The third-order valence-corrected chi connectivity index (χ3v) is 4.57. The van der Waals surface area contributed by atoms with E-state index in [1.807, 2.05) is 48.1 Å². The number of aryl methyl sites for hydroxylation is 1. The highest BCUT2D eigenvalue weighted by Crippen LogP contribution is 2.33. The van der Waals surface area contributed by atoms with Crippen LogP contribution in [-0.2, 0) is 13.7 Å². The number of pyridine rings is 1. The number of nitrogens with zero attached hydrogens (tertiary/aromatic N) is 3. The molecule has 0 amide bonds. The molecule has 2 aromatic heterocycles. The van der Waals surface area contributed by atoms with Crippen molar-refractivity contribution in [1.82, 2.24) is 14.8 Å². The lowest BCUT2D eigenvalue weighted by atomic mass is 9.99. The minimum Gasteiger partial charge on any atom is -0.496 e. The fraction of sp³-hybridized carbons (Fsp3) is 0.143. The molecule has 0 aliphatic heterocycles. The fourth-order valence-corrected chi connectivity index (χ4v) is 3.31. The Labute approximate surface area is 151 Å². The molecule has 0 saturated heterocycles. The number of aromatic nitrogens is 3. The monoisotopic (exact) mass is 345 g/mol. The van der Waals surface area contributed by atoms with E-state index < -0.39 is 0 Å². The number of aliphatic hydroxyl groups excluding tert-OH is 1. The first-order valence-corrected chi connectivity index (χ1v) is 8.36. The summed E-state index contributed by atoms with van der Waals surface area (Å²) in [7, 11) is 3.56. The van der Waals surface area contributed by atoms with E-state index in [1.165, 1.54) is 0 Å². The van der Waals surface area contributed by atoms with Crippen LogP contribution in [0.25, 0.3) is 33.3 Å². The van der Waals surface area contributed by atoms with Crippen LogP contribution in [0.2, 0.25) is 0 Å². The maximum atomic E-state index is 9.59. The molecule has 4 aromatic rings. The predicted molar refractivity (Wildman–Crippen MR) is 102 cm³/mol. The van der Waals surface area contributed by atoms with Crippen LogP contribution in [0.3, 0.4) is 0 Å². The Kier molecular flexibility index (Phi) is 4.14. The van der Waals surface area contributed by atoms with Crippen LogP contribution in [0.15, 0.2) is 60.9 Å². The van der Waals surface area contributed by atoms with E-state index in [2.05, 4.69) is 22.2 Å². The summed E-state index contributed by atoms with van der Waals surface area (Å²) in [4.78, 5) is 4.10. The molecular formula is C21H19N3O2. The minimum absolute atomic E-state index is 0.0611. The van der Waals surface area contributed by atoms with E-state index in [4.69, 9.17) is 4.74 Å². The molecule has 0 aliphatic rings. The van der Waals surface area contributed by atoms with Gasteiger partial charge in [0.2, 0.25) is 0 Å². The summed E-state index contributed by atoms with van der Waals surface area (Å²) in [6.07, 6.45) is 3.57. The number of methoxy groups -OCH3 is 1. The molecule has 26 heavy (non-hydrogen) atoms. The standard InChI is InChI=1S/C21H19N3O2/c1-24-21(14-7-9-22-10-8-14)18-12-16(3-5-19(18)23-24)15-4-6-20(26-2)17(11-15)13-25/h3-12,25H,13H2,1-2H3. The predicted octanol–water partition coefficient (Wildman–Crippen LogP) is 3.80. The Morgan fingerprint density at radius 2 is 1.69 bits per heavy atom. The zero-order valence-corrected chi connectivity index (χ0v) is 14.7. The normalized spacial score (nSPS) is 11.0. The molecule has 0 fully saturated rings. The molecule has 0 radical (unpaired) electrons. The van der Waals surface area contributed by atoms with E-state index >= 15 is 0 Å². The molecule has 130 valence electrons. The van der Waals surface area contributed by atoms with Crippen molar-refractivity contribution in [3.63, 3.8) is 0 Å². The van der Waals surface area contributed by atoms with Gasteiger partial charge in [-0.2, -0.15) is 5.10 Å². The van der Waals surface area contributed by atoms with Crippen LogP contribution in [0, 0.1) is 0 Å². The van der Waals surface area contributed by atoms with Gasteiger partial charge in [-0.1, -0.05) is 12.1 Å². The first kappa shape index (κ1) is 16.3. The summed E-state index contributed by atoms with van der Waals surface area (Å²) in [6.45, 7) is -0.0611. The molecule has 2 aromatic carbocycles. The van der Waals surface area contributed by atoms with E-state index in [-0.39, 0.29) is 6.61 Å². The van der Waals surface area contributed by atoms with Crippen LogP contribution in [0.4, 0.5) is 0 Å². The lowest BCUT2D eigenvalue weighted by molar-refractivity contribution is 0.274. The average Bonchev–Trinajstić information content (AvgIpc) is 3.02. The molecule has 5 nitrogen and oxygen atoms in total.